The minimum atomic E-state index is -0.739. The van der Waals surface area contributed by atoms with Crippen molar-refractivity contribution in [3.8, 4) is 0 Å². The minimum absolute atomic E-state index is 0.139. The molecule has 0 amide bonds. The van der Waals surface area contributed by atoms with Gasteiger partial charge in [0, 0.05) is 12.1 Å². The van der Waals surface area contributed by atoms with E-state index in [2.05, 4.69) is 30.9 Å². The average molecular weight is 289 g/mol. The second-order valence-electron chi connectivity index (χ2n) is 3.47. The third-order valence-corrected chi connectivity index (χ3v) is 2.61. The lowest BCUT2D eigenvalue weighted by atomic mass is 10.1. The van der Waals surface area contributed by atoms with Gasteiger partial charge in [0.2, 0.25) is 0 Å². The zero-order valence-corrected chi connectivity index (χ0v) is 10.7. The van der Waals surface area contributed by atoms with Crippen LogP contribution in [0.1, 0.15) is 30.1 Å². The number of nitrogens with one attached hydrogen (secondary N) is 1. The molecular weight excluding hydrogens is 276 g/mol. The van der Waals surface area contributed by atoms with Gasteiger partial charge >= 0.3 is 0 Å². The number of rotatable bonds is 6. The zero-order chi connectivity index (χ0) is 12.1. The molecule has 0 saturated heterocycles. The second kappa shape index (κ2) is 5.79. The highest BCUT2D eigenvalue weighted by molar-refractivity contribution is 9.09. The van der Waals surface area contributed by atoms with Crippen LogP contribution in [-0.4, -0.2) is 28.6 Å². The van der Waals surface area contributed by atoms with E-state index < -0.39 is 6.10 Å². The Kier molecular flexibility index (Phi) is 4.67. The van der Waals surface area contributed by atoms with E-state index in [0.717, 1.165) is 11.4 Å². The molecule has 1 N–H and O–H groups in total. The topological polar surface area (TPSA) is 72.1 Å². The van der Waals surface area contributed by atoms with E-state index >= 15 is 0 Å². The number of ketones is 1. The van der Waals surface area contributed by atoms with Crippen LogP contribution in [0, 0.1) is 0 Å². The average Bonchev–Trinajstić information content (AvgIpc) is 2.65. The van der Waals surface area contributed by atoms with Gasteiger partial charge in [0.1, 0.15) is 0 Å². The number of Topliss-reactive ketones (excluding diaryl/α,β-unsaturated/α-hetero) is 1. The molecule has 0 bridgehead atoms. The number of halogens is 1. The molecule has 0 radical (unpaired) electrons. The van der Waals surface area contributed by atoms with E-state index in [9.17, 15) is 9.59 Å². The number of carbonyl (C=O) groups excluding carboxylic acids is 2. The molecule has 0 fully saturated rings. The molecule has 0 aromatic carbocycles. The number of aromatic amines is 1. The fraction of sp³-hybridized carbons (Fsp3) is 0.500. The van der Waals surface area contributed by atoms with Gasteiger partial charge < -0.3 is 4.74 Å². The Balaban J connectivity index is 2.69. The van der Waals surface area contributed by atoms with Gasteiger partial charge in [-0.15, -0.1) is 0 Å². The standard InChI is InChI=1S/C10H13BrN2O3/c1-6(11)9-3-8(12-13-9)4-10(7(2)15)16-5-14/h3,5-6,10H,4H2,1-2H3,(H,12,13). The number of aromatic nitrogens is 2. The molecule has 2 unspecified atom stereocenters. The van der Waals surface area contributed by atoms with Crippen LogP contribution in [0.5, 0.6) is 0 Å². The highest BCUT2D eigenvalue weighted by Crippen LogP contribution is 2.20. The van der Waals surface area contributed by atoms with Crippen molar-refractivity contribution in [2.75, 3.05) is 0 Å². The summed E-state index contributed by atoms with van der Waals surface area (Å²) in [5.41, 5.74) is 1.62. The molecule has 0 spiro atoms. The fourth-order valence-corrected chi connectivity index (χ4v) is 1.48. The number of hydrogen-bond donors (Lipinski definition) is 1. The van der Waals surface area contributed by atoms with Crippen LogP contribution in [0.15, 0.2) is 6.07 Å². The molecular formula is C10H13BrN2O3. The normalized spacial score (nSPS) is 14.2. The lowest BCUT2D eigenvalue weighted by molar-refractivity contribution is -0.142. The van der Waals surface area contributed by atoms with Crippen molar-refractivity contribution in [2.45, 2.75) is 31.2 Å². The van der Waals surface area contributed by atoms with Crippen molar-refractivity contribution in [2.24, 2.45) is 0 Å². The number of nitrogens with zero attached hydrogens (tertiary/aromatic N) is 1. The lowest BCUT2D eigenvalue weighted by Crippen LogP contribution is -2.24. The van der Waals surface area contributed by atoms with Crippen molar-refractivity contribution in [3.05, 3.63) is 17.5 Å². The van der Waals surface area contributed by atoms with Gasteiger partial charge in [0.15, 0.2) is 11.9 Å². The summed E-state index contributed by atoms with van der Waals surface area (Å²) in [7, 11) is 0. The van der Waals surface area contributed by atoms with Gasteiger partial charge in [0.25, 0.3) is 6.47 Å². The van der Waals surface area contributed by atoms with Gasteiger partial charge in [-0.1, -0.05) is 15.9 Å². The van der Waals surface area contributed by atoms with Crippen LogP contribution in [0.2, 0.25) is 0 Å². The SMILES string of the molecule is CC(=O)C(Cc1cc(C(C)Br)n[nH]1)OC=O. The highest BCUT2D eigenvalue weighted by atomic mass is 79.9. The maximum Gasteiger partial charge on any atom is 0.293 e. The summed E-state index contributed by atoms with van der Waals surface area (Å²) in [6, 6.07) is 1.84. The van der Waals surface area contributed by atoms with Crippen molar-refractivity contribution in [3.63, 3.8) is 0 Å². The quantitative estimate of drug-likeness (QED) is 0.637. The van der Waals surface area contributed by atoms with Crippen LogP contribution in [-0.2, 0) is 20.7 Å². The molecule has 16 heavy (non-hydrogen) atoms. The van der Waals surface area contributed by atoms with Gasteiger partial charge in [0.05, 0.1) is 10.5 Å². The first-order valence-corrected chi connectivity index (χ1v) is 5.74. The van der Waals surface area contributed by atoms with E-state index in [1.165, 1.54) is 6.92 Å². The molecule has 0 saturated carbocycles. The fourth-order valence-electron chi connectivity index (χ4n) is 1.24. The first-order valence-electron chi connectivity index (χ1n) is 4.82. The smallest absolute Gasteiger partial charge is 0.293 e. The molecule has 2 atom stereocenters. The highest BCUT2D eigenvalue weighted by Gasteiger charge is 2.17. The Hall–Kier alpha value is -1.17. The molecule has 5 nitrogen and oxygen atoms in total. The number of H-pyrrole nitrogens is 1. The summed E-state index contributed by atoms with van der Waals surface area (Å²) in [5, 5.41) is 6.86. The third kappa shape index (κ3) is 3.44. The summed E-state index contributed by atoms with van der Waals surface area (Å²) in [5.74, 6) is -0.185. The molecule has 1 aromatic heterocycles. The Morgan fingerprint density at radius 3 is 2.88 bits per heavy atom. The summed E-state index contributed by atoms with van der Waals surface area (Å²) < 4.78 is 4.69. The maximum atomic E-state index is 11.2. The first kappa shape index (κ1) is 12.9. The van der Waals surface area contributed by atoms with E-state index in [1.807, 2.05) is 13.0 Å². The van der Waals surface area contributed by atoms with E-state index in [4.69, 9.17) is 0 Å². The second-order valence-corrected chi connectivity index (χ2v) is 4.84. The van der Waals surface area contributed by atoms with Crippen molar-refractivity contribution >= 4 is 28.2 Å². The number of hydrogen-bond acceptors (Lipinski definition) is 4. The van der Waals surface area contributed by atoms with Gasteiger partial charge in [-0.3, -0.25) is 14.7 Å². The molecule has 0 aliphatic rings. The van der Waals surface area contributed by atoms with Crippen LogP contribution in [0.25, 0.3) is 0 Å². The molecule has 1 rings (SSSR count). The predicted molar refractivity (Wildman–Crippen MR) is 61.3 cm³/mol. The van der Waals surface area contributed by atoms with Crippen molar-refractivity contribution in [1.82, 2.24) is 10.2 Å². The van der Waals surface area contributed by atoms with Crippen LogP contribution >= 0.6 is 15.9 Å². The predicted octanol–water partition coefficient (Wildman–Crippen LogP) is 1.54. The van der Waals surface area contributed by atoms with Crippen molar-refractivity contribution in [1.29, 1.82) is 0 Å². The summed E-state index contributed by atoms with van der Waals surface area (Å²) in [6.45, 7) is 3.62. The summed E-state index contributed by atoms with van der Waals surface area (Å²) in [6.07, 6.45) is -0.419. The van der Waals surface area contributed by atoms with Crippen molar-refractivity contribution < 1.29 is 14.3 Å². The monoisotopic (exact) mass is 288 g/mol. The minimum Gasteiger partial charge on any atom is -0.456 e. The Morgan fingerprint density at radius 2 is 2.44 bits per heavy atom. The van der Waals surface area contributed by atoms with Gasteiger partial charge in [-0.05, 0) is 19.9 Å². The third-order valence-electron chi connectivity index (χ3n) is 2.14. The molecule has 6 heteroatoms. The van der Waals surface area contributed by atoms with Crippen LogP contribution in [0.3, 0.4) is 0 Å². The largest absolute Gasteiger partial charge is 0.456 e. The lowest BCUT2D eigenvalue weighted by Gasteiger charge is -2.09. The summed E-state index contributed by atoms with van der Waals surface area (Å²) in [4.78, 5) is 21.5. The number of carbonyl (C=O) groups is 2. The Labute approximate surface area is 102 Å². The molecule has 0 aliphatic heterocycles. The molecule has 0 aliphatic carbocycles. The van der Waals surface area contributed by atoms with E-state index in [0.29, 0.717) is 6.42 Å². The van der Waals surface area contributed by atoms with Gasteiger partial charge in [-0.2, -0.15) is 5.10 Å². The Bertz CT molecular complexity index is 376. The summed E-state index contributed by atoms with van der Waals surface area (Å²) >= 11 is 3.38. The van der Waals surface area contributed by atoms with Gasteiger partial charge in [-0.25, -0.2) is 0 Å². The van der Waals surface area contributed by atoms with Crippen LogP contribution in [0.4, 0.5) is 0 Å². The van der Waals surface area contributed by atoms with Crippen LogP contribution < -0.4 is 0 Å². The number of ether oxygens (including phenoxy) is 1. The molecule has 1 aromatic rings. The Morgan fingerprint density at radius 1 is 1.75 bits per heavy atom. The number of alkyl halides is 1. The first-order chi connectivity index (χ1) is 7.54. The molecule has 1 heterocycles. The maximum absolute atomic E-state index is 11.2. The zero-order valence-electron chi connectivity index (χ0n) is 9.07. The van der Waals surface area contributed by atoms with E-state index in [-0.39, 0.29) is 17.1 Å². The van der Waals surface area contributed by atoms with E-state index in [1.54, 1.807) is 0 Å². The molecule has 88 valence electrons.